The Bertz CT molecular complexity index is 725. The van der Waals surface area contributed by atoms with E-state index in [2.05, 4.69) is 24.3 Å². The molecule has 2 aromatic carbocycles. The lowest BCUT2D eigenvalue weighted by Crippen LogP contribution is -2.41. The average Bonchev–Trinajstić information content (AvgIpc) is 2.80. The summed E-state index contributed by atoms with van der Waals surface area (Å²) in [7, 11) is 1.62. The third kappa shape index (κ3) is 1.20. The SMILES string of the molecule is CN1C(=O)[C@@H]2C3c4ccccc4C(c4ccccc43)[C@H]2C1=O. The molecular weight excluding hydrogens is 274 g/mol. The van der Waals surface area contributed by atoms with Gasteiger partial charge in [0.2, 0.25) is 11.8 Å². The number of imide groups is 1. The van der Waals surface area contributed by atoms with Crippen molar-refractivity contribution >= 4 is 11.8 Å². The van der Waals surface area contributed by atoms with Crippen molar-refractivity contribution in [3.63, 3.8) is 0 Å². The fourth-order valence-electron chi connectivity index (χ4n) is 4.83. The smallest absolute Gasteiger partial charge is 0.233 e. The lowest BCUT2D eigenvalue weighted by molar-refractivity contribution is -0.138. The molecule has 6 rings (SSSR count). The van der Waals surface area contributed by atoms with Gasteiger partial charge in [0, 0.05) is 18.9 Å². The van der Waals surface area contributed by atoms with E-state index in [0.29, 0.717) is 0 Å². The van der Waals surface area contributed by atoms with Gasteiger partial charge in [-0.3, -0.25) is 14.5 Å². The zero-order valence-corrected chi connectivity index (χ0v) is 12.2. The van der Waals surface area contributed by atoms with Gasteiger partial charge in [-0.05, 0) is 22.3 Å². The first-order valence-corrected chi connectivity index (χ1v) is 7.69. The van der Waals surface area contributed by atoms with Gasteiger partial charge in [0.15, 0.2) is 0 Å². The van der Waals surface area contributed by atoms with Crippen molar-refractivity contribution in [3.8, 4) is 0 Å². The summed E-state index contributed by atoms with van der Waals surface area (Å²) < 4.78 is 0. The molecule has 0 spiro atoms. The molecule has 0 N–H and O–H groups in total. The van der Waals surface area contributed by atoms with E-state index in [4.69, 9.17) is 0 Å². The highest BCUT2D eigenvalue weighted by atomic mass is 16.2. The molecule has 2 atom stereocenters. The number of amides is 2. The molecule has 1 heterocycles. The summed E-state index contributed by atoms with van der Waals surface area (Å²) in [6.45, 7) is 0. The second-order valence-corrected chi connectivity index (χ2v) is 6.50. The number of nitrogens with zero attached hydrogens (tertiary/aromatic N) is 1. The van der Waals surface area contributed by atoms with Crippen LogP contribution in [0.5, 0.6) is 0 Å². The third-order valence-electron chi connectivity index (χ3n) is 5.67. The molecule has 0 saturated carbocycles. The minimum absolute atomic E-state index is 0.0174. The van der Waals surface area contributed by atoms with Crippen LogP contribution in [0.15, 0.2) is 48.5 Å². The monoisotopic (exact) mass is 289 g/mol. The number of likely N-dealkylation sites (tertiary alicyclic amines) is 1. The Morgan fingerprint density at radius 2 is 1.00 bits per heavy atom. The van der Waals surface area contributed by atoms with E-state index in [9.17, 15) is 9.59 Å². The third-order valence-corrected chi connectivity index (χ3v) is 5.67. The van der Waals surface area contributed by atoms with Crippen LogP contribution in [0, 0.1) is 11.8 Å². The van der Waals surface area contributed by atoms with Gasteiger partial charge in [-0.1, -0.05) is 48.5 Å². The van der Waals surface area contributed by atoms with Gasteiger partial charge in [-0.2, -0.15) is 0 Å². The van der Waals surface area contributed by atoms with Crippen LogP contribution in [0.25, 0.3) is 0 Å². The first-order chi connectivity index (χ1) is 10.7. The highest BCUT2D eigenvalue weighted by molar-refractivity contribution is 6.07. The molecule has 4 aliphatic rings. The number of rotatable bonds is 0. The van der Waals surface area contributed by atoms with E-state index >= 15 is 0 Å². The van der Waals surface area contributed by atoms with Gasteiger partial charge in [0.25, 0.3) is 0 Å². The molecule has 0 radical (unpaired) electrons. The summed E-state index contributed by atoms with van der Waals surface area (Å²) in [5, 5.41) is 0. The van der Waals surface area contributed by atoms with Crippen molar-refractivity contribution in [3.05, 3.63) is 70.8 Å². The van der Waals surface area contributed by atoms with Crippen molar-refractivity contribution in [1.29, 1.82) is 0 Å². The van der Waals surface area contributed by atoms with Crippen LogP contribution >= 0.6 is 0 Å². The molecule has 0 aromatic heterocycles. The molecule has 1 aliphatic heterocycles. The van der Waals surface area contributed by atoms with Crippen LogP contribution in [0.3, 0.4) is 0 Å². The Morgan fingerprint density at radius 3 is 1.32 bits per heavy atom. The van der Waals surface area contributed by atoms with E-state index in [1.807, 2.05) is 24.3 Å². The predicted octanol–water partition coefficient (Wildman–Crippen LogP) is 2.51. The zero-order valence-electron chi connectivity index (χ0n) is 12.2. The van der Waals surface area contributed by atoms with Crippen LogP contribution < -0.4 is 0 Å². The second kappa shape index (κ2) is 3.86. The number of hydrogen-bond donors (Lipinski definition) is 0. The maximum atomic E-state index is 12.7. The summed E-state index contributed by atoms with van der Waals surface area (Å²) in [4.78, 5) is 26.7. The predicted molar refractivity (Wildman–Crippen MR) is 81.3 cm³/mol. The number of carbonyl (C=O) groups is 2. The molecular formula is C19H15NO2. The van der Waals surface area contributed by atoms with Gasteiger partial charge >= 0.3 is 0 Å². The van der Waals surface area contributed by atoms with Crippen molar-refractivity contribution in [1.82, 2.24) is 4.90 Å². The second-order valence-electron chi connectivity index (χ2n) is 6.50. The molecule has 3 aliphatic carbocycles. The van der Waals surface area contributed by atoms with Crippen LogP contribution in [0.2, 0.25) is 0 Å². The van der Waals surface area contributed by atoms with E-state index in [1.54, 1.807) is 7.05 Å². The Morgan fingerprint density at radius 1 is 0.682 bits per heavy atom. The summed E-state index contributed by atoms with van der Waals surface area (Å²) in [5.74, 6) is -0.463. The van der Waals surface area contributed by atoms with Crippen LogP contribution in [-0.4, -0.2) is 23.8 Å². The quantitative estimate of drug-likeness (QED) is 0.699. The highest BCUT2D eigenvalue weighted by Crippen LogP contribution is 2.60. The number of benzene rings is 2. The lowest BCUT2D eigenvalue weighted by Gasteiger charge is -2.45. The summed E-state index contributed by atoms with van der Waals surface area (Å²) in [6.07, 6.45) is 0. The standard InChI is InChI=1S/C19H15NO2/c1-20-18(21)16-14-10-6-2-3-7-11(10)15(17(16)19(20)22)13-9-5-4-8-12(13)14/h2-9,14-17H,1H3/t14?,15?,16-,17-/m1/s1. The van der Waals surface area contributed by atoms with Gasteiger partial charge in [0.05, 0.1) is 11.8 Å². The van der Waals surface area contributed by atoms with Crippen LogP contribution in [0.4, 0.5) is 0 Å². The average molecular weight is 289 g/mol. The van der Waals surface area contributed by atoms with Crippen LogP contribution in [-0.2, 0) is 9.59 Å². The van der Waals surface area contributed by atoms with Gasteiger partial charge in [-0.15, -0.1) is 0 Å². The molecule has 0 unspecified atom stereocenters. The largest absolute Gasteiger partial charge is 0.285 e. The van der Waals surface area contributed by atoms with Crippen molar-refractivity contribution in [2.24, 2.45) is 11.8 Å². The summed E-state index contributed by atoms with van der Waals surface area (Å²) >= 11 is 0. The molecule has 2 bridgehead atoms. The van der Waals surface area contributed by atoms with Gasteiger partial charge in [-0.25, -0.2) is 0 Å². The van der Waals surface area contributed by atoms with Gasteiger partial charge in [0.1, 0.15) is 0 Å². The molecule has 22 heavy (non-hydrogen) atoms. The Labute approximate surface area is 128 Å². The fourth-order valence-corrected chi connectivity index (χ4v) is 4.83. The van der Waals surface area contributed by atoms with E-state index in [1.165, 1.54) is 27.2 Å². The van der Waals surface area contributed by atoms with Crippen molar-refractivity contribution < 1.29 is 9.59 Å². The molecule has 3 heteroatoms. The molecule has 3 nitrogen and oxygen atoms in total. The molecule has 2 aromatic rings. The maximum Gasteiger partial charge on any atom is 0.233 e. The van der Waals surface area contributed by atoms with Crippen molar-refractivity contribution in [2.45, 2.75) is 11.8 Å². The van der Waals surface area contributed by atoms with Crippen LogP contribution in [0.1, 0.15) is 34.1 Å². The molecule has 2 amide bonds. The minimum atomic E-state index is -0.229. The summed E-state index contributed by atoms with van der Waals surface area (Å²) in [5.41, 5.74) is 4.90. The maximum absolute atomic E-state index is 12.7. The molecule has 108 valence electrons. The Hall–Kier alpha value is -2.42. The Balaban J connectivity index is 1.86. The van der Waals surface area contributed by atoms with Crippen molar-refractivity contribution in [2.75, 3.05) is 7.05 Å². The fraction of sp³-hybridized carbons (Fsp3) is 0.263. The van der Waals surface area contributed by atoms with E-state index in [-0.39, 0.29) is 35.5 Å². The zero-order chi connectivity index (χ0) is 15.0. The molecule has 1 fully saturated rings. The topological polar surface area (TPSA) is 37.4 Å². The summed E-state index contributed by atoms with van der Waals surface area (Å²) in [6, 6.07) is 16.6. The van der Waals surface area contributed by atoms with E-state index < -0.39 is 0 Å². The first kappa shape index (κ1) is 12.2. The first-order valence-electron chi connectivity index (χ1n) is 7.69. The Kier molecular flexibility index (Phi) is 2.13. The lowest BCUT2D eigenvalue weighted by atomic mass is 9.55. The normalized spacial score (nSPS) is 31.0. The number of hydrogen-bond acceptors (Lipinski definition) is 2. The van der Waals surface area contributed by atoms with Gasteiger partial charge < -0.3 is 0 Å². The van der Waals surface area contributed by atoms with E-state index in [0.717, 1.165) is 0 Å². The highest BCUT2D eigenvalue weighted by Gasteiger charge is 2.60. The molecule has 1 saturated heterocycles. The minimum Gasteiger partial charge on any atom is -0.285 e. The number of carbonyl (C=O) groups excluding carboxylic acids is 2.